The Balaban J connectivity index is 2.03. The van der Waals surface area contributed by atoms with E-state index in [9.17, 15) is 0 Å². The fourth-order valence-electron chi connectivity index (χ4n) is 3.07. The van der Waals surface area contributed by atoms with Gasteiger partial charge in [-0.05, 0) is 42.9 Å². The van der Waals surface area contributed by atoms with Crippen LogP contribution in [0, 0.1) is 5.41 Å². The maximum Gasteiger partial charge on any atom is 0.103 e. The molecule has 19 heavy (non-hydrogen) atoms. The van der Waals surface area contributed by atoms with Gasteiger partial charge in [0.25, 0.3) is 0 Å². The second-order valence-corrected chi connectivity index (χ2v) is 6.17. The number of likely N-dealkylation sites (tertiary alicyclic amines) is 1. The van der Waals surface area contributed by atoms with E-state index in [2.05, 4.69) is 30.9 Å². The highest BCUT2D eigenvalue weighted by Gasteiger charge is 2.34. The fraction of sp³-hybridized carbons (Fsp3) is 0.562. The molecule has 1 heterocycles. The summed E-state index contributed by atoms with van der Waals surface area (Å²) in [5.41, 5.74) is 8.53. The van der Waals surface area contributed by atoms with Crippen molar-refractivity contribution in [3.8, 4) is 0 Å². The van der Waals surface area contributed by atoms with E-state index in [1.165, 1.54) is 37.9 Å². The van der Waals surface area contributed by atoms with Crippen LogP contribution in [-0.2, 0) is 6.54 Å². The monoisotopic (exact) mass is 276 g/mol. The van der Waals surface area contributed by atoms with Gasteiger partial charge in [0.1, 0.15) is 4.99 Å². The van der Waals surface area contributed by atoms with Crippen LogP contribution in [0.25, 0.3) is 0 Å². The number of nitrogens with zero attached hydrogens (tertiary/aromatic N) is 1. The first-order valence-electron chi connectivity index (χ1n) is 7.19. The Morgan fingerprint density at radius 3 is 2.68 bits per heavy atom. The number of hydrogen-bond donors (Lipinski definition) is 1. The minimum atomic E-state index is 0.486. The second-order valence-electron chi connectivity index (χ2n) is 5.73. The molecule has 1 aliphatic heterocycles. The minimum Gasteiger partial charge on any atom is -0.389 e. The molecule has 0 aliphatic carbocycles. The van der Waals surface area contributed by atoms with Gasteiger partial charge >= 0.3 is 0 Å². The highest BCUT2D eigenvalue weighted by molar-refractivity contribution is 7.80. The molecule has 0 aromatic heterocycles. The minimum absolute atomic E-state index is 0.486. The van der Waals surface area contributed by atoms with Gasteiger partial charge < -0.3 is 5.73 Å². The Hall–Kier alpha value is -0.930. The predicted molar refractivity (Wildman–Crippen MR) is 85.2 cm³/mol. The van der Waals surface area contributed by atoms with Crippen molar-refractivity contribution >= 4 is 17.2 Å². The quantitative estimate of drug-likeness (QED) is 0.836. The van der Waals surface area contributed by atoms with Crippen molar-refractivity contribution in [3.63, 3.8) is 0 Å². The van der Waals surface area contributed by atoms with Crippen molar-refractivity contribution in [1.82, 2.24) is 4.90 Å². The Morgan fingerprint density at radius 2 is 2.11 bits per heavy atom. The maximum absolute atomic E-state index is 5.69. The van der Waals surface area contributed by atoms with Crippen molar-refractivity contribution in [2.45, 2.75) is 39.7 Å². The number of hydrogen-bond acceptors (Lipinski definition) is 2. The summed E-state index contributed by atoms with van der Waals surface area (Å²) in [6, 6.07) is 8.32. The van der Waals surface area contributed by atoms with E-state index in [0.717, 1.165) is 12.1 Å². The van der Waals surface area contributed by atoms with Gasteiger partial charge in [0.2, 0.25) is 0 Å². The SMILES string of the molecule is CCC1(CC)CCN(Cc2cccc(C(N)=S)c2)C1. The van der Waals surface area contributed by atoms with Gasteiger partial charge in [-0.15, -0.1) is 0 Å². The average molecular weight is 276 g/mol. The summed E-state index contributed by atoms with van der Waals surface area (Å²) in [6.07, 6.45) is 3.90. The third-order valence-corrected chi connectivity index (χ3v) is 4.87. The van der Waals surface area contributed by atoms with Crippen molar-refractivity contribution < 1.29 is 0 Å². The summed E-state index contributed by atoms with van der Waals surface area (Å²) in [6.45, 7) is 8.08. The molecule has 1 fully saturated rings. The molecule has 0 spiro atoms. The summed E-state index contributed by atoms with van der Waals surface area (Å²) in [4.78, 5) is 3.05. The van der Waals surface area contributed by atoms with Crippen LogP contribution in [0.15, 0.2) is 24.3 Å². The largest absolute Gasteiger partial charge is 0.389 e. The lowest BCUT2D eigenvalue weighted by atomic mass is 9.82. The summed E-state index contributed by atoms with van der Waals surface area (Å²) in [5.74, 6) is 0. The average Bonchev–Trinajstić information content (AvgIpc) is 2.83. The molecule has 0 atom stereocenters. The van der Waals surface area contributed by atoms with Crippen LogP contribution >= 0.6 is 12.2 Å². The zero-order chi connectivity index (χ0) is 13.9. The van der Waals surface area contributed by atoms with E-state index in [0.29, 0.717) is 10.4 Å². The molecule has 0 amide bonds. The highest BCUT2D eigenvalue weighted by atomic mass is 32.1. The second kappa shape index (κ2) is 6.02. The molecule has 1 aromatic carbocycles. The van der Waals surface area contributed by atoms with Gasteiger partial charge in [0.15, 0.2) is 0 Å². The Morgan fingerprint density at radius 1 is 1.37 bits per heavy atom. The smallest absolute Gasteiger partial charge is 0.103 e. The van der Waals surface area contributed by atoms with Crippen molar-refractivity contribution in [2.75, 3.05) is 13.1 Å². The van der Waals surface area contributed by atoms with Gasteiger partial charge in [0, 0.05) is 18.7 Å². The number of rotatable bonds is 5. The molecule has 0 unspecified atom stereocenters. The highest BCUT2D eigenvalue weighted by Crippen LogP contribution is 2.37. The summed E-state index contributed by atoms with van der Waals surface area (Å²) < 4.78 is 0. The molecule has 104 valence electrons. The Labute approximate surface area is 122 Å². The Bertz CT molecular complexity index is 452. The van der Waals surface area contributed by atoms with E-state index < -0.39 is 0 Å². The molecule has 0 radical (unpaired) electrons. The van der Waals surface area contributed by atoms with Crippen LogP contribution in [-0.4, -0.2) is 23.0 Å². The lowest BCUT2D eigenvalue weighted by Gasteiger charge is -2.26. The molecular weight excluding hydrogens is 252 g/mol. The van der Waals surface area contributed by atoms with Crippen molar-refractivity contribution in [1.29, 1.82) is 0 Å². The lowest BCUT2D eigenvalue weighted by Crippen LogP contribution is -2.26. The van der Waals surface area contributed by atoms with Crippen LogP contribution in [0.1, 0.15) is 44.2 Å². The molecule has 2 rings (SSSR count). The van der Waals surface area contributed by atoms with Gasteiger partial charge in [-0.1, -0.05) is 44.3 Å². The summed E-state index contributed by atoms with van der Waals surface area (Å²) >= 11 is 5.04. The van der Waals surface area contributed by atoms with Crippen LogP contribution < -0.4 is 5.73 Å². The maximum atomic E-state index is 5.69. The normalized spacial score (nSPS) is 18.6. The number of thiocarbonyl (C=S) groups is 1. The van der Waals surface area contributed by atoms with Crippen molar-refractivity contribution in [2.24, 2.45) is 11.1 Å². The first kappa shape index (κ1) is 14.5. The third-order valence-electron chi connectivity index (χ3n) is 4.64. The van der Waals surface area contributed by atoms with Gasteiger partial charge in [-0.2, -0.15) is 0 Å². The molecule has 2 N–H and O–H groups in total. The molecule has 0 saturated carbocycles. The zero-order valence-corrected chi connectivity index (χ0v) is 12.8. The van der Waals surface area contributed by atoms with Crippen LogP contribution in [0.5, 0.6) is 0 Å². The summed E-state index contributed by atoms with van der Waals surface area (Å²) in [5, 5.41) is 0. The molecule has 1 aromatic rings. The van der Waals surface area contributed by atoms with E-state index in [4.69, 9.17) is 18.0 Å². The molecule has 3 heteroatoms. The third kappa shape index (κ3) is 3.34. The molecule has 1 saturated heterocycles. The van der Waals surface area contributed by atoms with E-state index >= 15 is 0 Å². The van der Waals surface area contributed by atoms with E-state index in [-0.39, 0.29) is 0 Å². The van der Waals surface area contributed by atoms with Gasteiger partial charge in [-0.3, -0.25) is 4.90 Å². The molecule has 2 nitrogen and oxygen atoms in total. The predicted octanol–water partition coefficient (Wildman–Crippen LogP) is 3.33. The van der Waals surface area contributed by atoms with Crippen LogP contribution in [0.2, 0.25) is 0 Å². The summed E-state index contributed by atoms with van der Waals surface area (Å²) in [7, 11) is 0. The van der Waals surface area contributed by atoms with Crippen LogP contribution in [0.4, 0.5) is 0 Å². The van der Waals surface area contributed by atoms with E-state index in [1.54, 1.807) is 0 Å². The van der Waals surface area contributed by atoms with E-state index in [1.807, 2.05) is 12.1 Å². The van der Waals surface area contributed by atoms with Crippen LogP contribution in [0.3, 0.4) is 0 Å². The first-order valence-corrected chi connectivity index (χ1v) is 7.60. The number of benzene rings is 1. The van der Waals surface area contributed by atoms with Gasteiger partial charge in [0.05, 0.1) is 0 Å². The topological polar surface area (TPSA) is 29.3 Å². The Kier molecular flexibility index (Phi) is 4.58. The molecule has 1 aliphatic rings. The fourth-order valence-corrected chi connectivity index (χ4v) is 3.20. The molecule has 0 bridgehead atoms. The molecular formula is C16H24N2S. The van der Waals surface area contributed by atoms with Gasteiger partial charge in [-0.25, -0.2) is 0 Å². The number of nitrogens with two attached hydrogens (primary N) is 1. The first-order chi connectivity index (χ1) is 9.08. The lowest BCUT2D eigenvalue weighted by molar-refractivity contribution is 0.236. The zero-order valence-electron chi connectivity index (χ0n) is 12.0. The standard InChI is InChI=1S/C16H24N2S/c1-3-16(4-2)8-9-18(12-16)11-13-6-5-7-14(10-13)15(17)19/h5-7,10H,3-4,8-9,11-12H2,1-2H3,(H2,17,19). The van der Waals surface area contributed by atoms with Crippen molar-refractivity contribution in [3.05, 3.63) is 35.4 Å².